The summed E-state index contributed by atoms with van der Waals surface area (Å²) in [5.41, 5.74) is -0.158. The van der Waals surface area contributed by atoms with Gasteiger partial charge in [-0.05, 0) is 74.9 Å². The van der Waals surface area contributed by atoms with Crippen molar-refractivity contribution in [2.75, 3.05) is 7.05 Å². The average Bonchev–Trinajstić information content (AvgIpc) is 3.27. The van der Waals surface area contributed by atoms with Crippen LogP contribution in [-0.4, -0.2) is 32.1 Å². The van der Waals surface area contributed by atoms with E-state index in [9.17, 15) is 21.6 Å². The number of nitrogens with zero attached hydrogens (tertiary/aromatic N) is 1. The number of halogens is 5. The van der Waals surface area contributed by atoms with E-state index < -0.39 is 26.5 Å². The molecule has 0 saturated carbocycles. The van der Waals surface area contributed by atoms with Crippen molar-refractivity contribution in [2.24, 2.45) is 4.99 Å². The Labute approximate surface area is 222 Å². The van der Waals surface area contributed by atoms with Crippen molar-refractivity contribution in [2.45, 2.75) is 36.6 Å². The van der Waals surface area contributed by atoms with E-state index in [1.165, 1.54) is 36.6 Å². The molecule has 2 aromatic carbocycles. The molecule has 0 unspecified atom stereocenters. The molecule has 192 valence electrons. The summed E-state index contributed by atoms with van der Waals surface area (Å²) >= 11 is 13.4. The minimum absolute atomic E-state index is 0.00978. The molecule has 1 aromatic heterocycles. The van der Waals surface area contributed by atoms with Crippen LogP contribution in [0, 0.1) is 0 Å². The standard InChI is InChI=1S/C25H23Cl2F3N2O2S2/c1-24(2,3)36(33,34)17-7-5-6-15(12-17)21-10-11-22(35-21)20(14-23(31-4)25(28,29)30)32-19-13-16(26)8-9-18(19)27/h5-14,31H,1-4H3. The van der Waals surface area contributed by atoms with E-state index in [1.807, 2.05) is 0 Å². The molecule has 3 rings (SSSR count). The van der Waals surface area contributed by atoms with Crippen molar-refractivity contribution in [3.63, 3.8) is 0 Å². The number of hydrogen-bond acceptors (Lipinski definition) is 5. The molecule has 36 heavy (non-hydrogen) atoms. The number of sulfone groups is 1. The lowest BCUT2D eigenvalue weighted by Gasteiger charge is -2.19. The monoisotopic (exact) mass is 574 g/mol. The number of benzene rings is 2. The fraction of sp³-hybridized carbons (Fsp3) is 0.240. The van der Waals surface area contributed by atoms with E-state index in [4.69, 9.17) is 23.2 Å². The molecule has 0 bridgehead atoms. The second-order valence-electron chi connectivity index (χ2n) is 8.71. The zero-order chi connectivity index (χ0) is 26.9. The number of nitrogens with one attached hydrogen (secondary N) is 1. The van der Waals surface area contributed by atoms with Gasteiger partial charge in [-0.15, -0.1) is 11.3 Å². The molecule has 0 aliphatic carbocycles. The molecule has 1 N–H and O–H groups in total. The number of thiophene rings is 1. The van der Waals surface area contributed by atoms with E-state index in [-0.39, 0.29) is 21.3 Å². The fourth-order valence-electron chi connectivity index (χ4n) is 3.09. The van der Waals surface area contributed by atoms with Crippen LogP contribution in [-0.2, 0) is 9.84 Å². The molecule has 4 nitrogen and oxygen atoms in total. The molecular weight excluding hydrogens is 552 g/mol. The first-order chi connectivity index (χ1) is 16.6. The highest BCUT2D eigenvalue weighted by Gasteiger charge is 2.34. The SMILES string of the molecule is CNC(=CC(=Nc1cc(Cl)ccc1Cl)c1ccc(-c2cccc(S(=O)(=O)C(C)(C)C)c2)s1)C(F)(F)F. The van der Waals surface area contributed by atoms with Crippen molar-refractivity contribution in [1.82, 2.24) is 5.32 Å². The smallest absolute Gasteiger partial charge is 0.384 e. The quantitative estimate of drug-likeness (QED) is 0.303. The van der Waals surface area contributed by atoms with Gasteiger partial charge in [0.1, 0.15) is 5.70 Å². The molecule has 0 aliphatic rings. The molecule has 0 atom stereocenters. The third kappa shape index (κ3) is 6.32. The van der Waals surface area contributed by atoms with Crippen LogP contribution in [0.3, 0.4) is 0 Å². The maximum Gasteiger partial charge on any atom is 0.430 e. The molecule has 0 aliphatic heterocycles. The van der Waals surface area contributed by atoms with E-state index in [2.05, 4.69) is 10.3 Å². The summed E-state index contributed by atoms with van der Waals surface area (Å²) in [5.74, 6) is 0. The minimum Gasteiger partial charge on any atom is -0.384 e. The average molecular weight is 576 g/mol. The first-order valence-corrected chi connectivity index (χ1v) is 13.6. The van der Waals surface area contributed by atoms with E-state index in [0.717, 1.165) is 6.08 Å². The van der Waals surface area contributed by atoms with Crippen molar-refractivity contribution in [1.29, 1.82) is 0 Å². The zero-order valence-electron chi connectivity index (χ0n) is 19.7. The van der Waals surface area contributed by atoms with Gasteiger partial charge in [0, 0.05) is 16.9 Å². The lowest BCUT2D eigenvalue weighted by molar-refractivity contribution is -0.0958. The number of rotatable bonds is 6. The number of hydrogen-bond donors (Lipinski definition) is 1. The molecule has 0 amide bonds. The summed E-state index contributed by atoms with van der Waals surface area (Å²) in [5, 5.41) is 2.72. The highest BCUT2D eigenvalue weighted by Crippen LogP contribution is 2.35. The Morgan fingerprint density at radius 3 is 2.33 bits per heavy atom. The normalized spacial score (nSPS) is 13.7. The lowest BCUT2D eigenvalue weighted by Crippen LogP contribution is -2.27. The summed E-state index contributed by atoms with van der Waals surface area (Å²) in [4.78, 5) is 5.63. The second kappa shape index (κ2) is 10.6. The van der Waals surface area contributed by atoms with Gasteiger partial charge in [-0.3, -0.25) is 0 Å². The molecule has 0 spiro atoms. The fourth-order valence-corrected chi connectivity index (χ4v) is 5.63. The van der Waals surface area contributed by atoms with Gasteiger partial charge in [-0.25, -0.2) is 13.4 Å². The Morgan fingerprint density at radius 1 is 1.03 bits per heavy atom. The molecule has 1 heterocycles. The molecule has 0 radical (unpaired) electrons. The van der Waals surface area contributed by atoms with Gasteiger partial charge in [-0.2, -0.15) is 13.2 Å². The van der Waals surface area contributed by atoms with Crippen LogP contribution >= 0.6 is 34.5 Å². The number of aliphatic imine (C=N–C) groups is 1. The molecule has 0 fully saturated rings. The van der Waals surface area contributed by atoms with Crippen molar-refractivity contribution >= 4 is 55.8 Å². The van der Waals surface area contributed by atoms with Crippen LogP contribution in [0.2, 0.25) is 10.0 Å². The summed E-state index contributed by atoms with van der Waals surface area (Å²) < 4.78 is 65.4. The maximum atomic E-state index is 13.5. The first kappa shape index (κ1) is 28.2. The Bertz CT molecular complexity index is 1440. The molecule has 11 heteroatoms. The third-order valence-corrected chi connectivity index (χ3v) is 9.30. The number of allylic oxidation sites excluding steroid dienone is 2. The first-order valence-electron chi connectivity index (χ1n) is 10.6. The van der Waals surface area contributed by atoms with Crippen LogP contribution in [0.4, 0.5) is 18.9 Å². The van der Waals surface area contributed by atoms with Crippen LogP contribution in [0.5, 0.6) is 0 Å². The summed E-state index contributed by atoms with van der Waals surface area (Å²) in [7, 11) is -2.42. The third-order valence-electron chi connectivity index (χ3n) is 5.10. The summed E-state index contributed by atoms with van der Waals surface area (Å²) in [6.45, 7) is 4.86. The predicted molar refractivity (Wildman–Crippen MR) is 143 cm³/mol. The Hall–Kier alpha value is -2.33. The zero-order valence-corrected chi connectivity index (χ0v) is 22.9. The van der Waals surface area contributed by atoms with Gasteiger partial charge in [0.05, 0.1) is 30.9 Å². The topological polar surface area (TPSA) is 58.5 Å². The Balaban J connectivity index is 2.15. The van der Waals surface area contributed by atoms with Gasteiger partial charge >= 0.3 is 6.18 Å². The van der Waals surface area contributed by atoms with Crippen LogP contribution in [0.25, 0.3) is 10.4 Å². The van der Waals surface area contributed by atoms with E-state index >= 15 is 0 Å². The van der Waals surface area contributed by atoms with Gasteiger partial charge in [0.2, 0.25) is 0 Å². The molecule has 3 aromatic rings. The largest absolute Gasteiger partial charge is 0.430 e. The summed E-state index contributed by atoms with van der Waals surface area (Å²) in [6, 6.07) is 14.3. The van der Waals surface area contributed by atoms with Crippen LogP contribution in [0.15, 0.2) is 76.3 Å². The van der Waals surface area contributed by atoms with Crippen molar-refractivity contribution in [3.05, 3.63) is 81.3 Å². The lowest BCUT2D eigenvalue weighted by atomic mass is 10.2. The molecule has 0 saturated heterocycles. The minimum atomic E-state index is -4.64. The van der Waals surface area contributed by atoms with Crippen LogP contribution < -0.4 is 5.32 Å². The summed E-state index contributed by atoms with van der Waals surface area (Å²) in [6.07, 6.45) is -3.74. The van der Waals surface area contributed by atoms with Gasteiger partial charge in [-0.1, -0.05) is 35.3 Å². The number of alkyl halides is 3. The van der Waals surface area contributed by atoms with Crippen LogP contribution in [0.1, 0.15) is 25.6 Å². The highest BCUT2D eigenvalue weighted by atomic mass is 35.5. The van der Waals surface area contributed by atoms with E-state index in [1.54, 1.807) is 57.2 Å². The molecular formula is C25H23Cl2F3N2O2S2. The van der Waals surface area contributed by atoms with Gasteiger partial charge in [0.25, 0.3) is 0 Å². The highest BCUT2D eigenvalue weighted by molar-refractivity contribution is 7.92. The van der Waals surface area contributed by atoms with Crippen molar-refractivity contribution in [3.8, 4) is 10.4 Å². The van der Waals surface area contributed by atoms with Crippen molar-refractivity contribution < 1.29 is 21.6 Å². The maximum absolute atomic E-state index is 13.5. The van der Waals surface area contributed by atoms with Gasteiger partial charge < -0.3 is 5.32 Å². The predicted octanol–water partition coefficient (Wildman–Crippen LogP) is 8.08. The van der Waals surface area contributed by atoms with E-state index in [0.29, 0.717) is 20.3 Å². The Kier molecular flexibility index (Phi) is 8.30. The Morgan fingerprint density at radius 2 is 1.72 bits per heavy atom. The van der Waals surface area contributed by atoms with Gasteiger partial charge in [0.15, 0.2) is 9.84 Å². The second-order valence-corrected chi connectivity index (χ2v) is 13.3.